The van der Waals surface area contributed by atoms with E-state index in [1.54, 1.807) is 0 Å². The Morgan fingerprint density at radius 2 is 2.24 bits per heavy atom. The number of halogens is 3. The van der Waals surface area contributed by atoms with Gasteiger partial charge in [0.05, 0.1) is 18.1 Å². The smallest absolute Gasteiger partial charge is 0.416 e. The molecule has 1 aromatic carbocycles. The highest BCUT2D eigenvalue weighted by Crippen LogP contribution is 2.31. The Morgan fingerprint density at radius 1 is 1.48 bits per heavy atom. The molecule has 0 spiro atoms. The minimum Gasteiger partial charge on any atom is -0.493 e. The van der Waals surface area contributed by atoms with E-state index in [2.05, 4.69) is 0 Å². The molecule has 1 saturated heterocycles. The van der Waals surface area contributed by atoms with Crippen molar-refractivity contribution in [3.05, 3.63) is 29.8 Å². The zero-order chi connectivity index (χ0) is 15.5. The number of ether oxygens (including phenoxy) is 2. The van der Waals surface area contributed by atoms with Gasteiger partial charge in [0, 0.05) is 12.5 Å². The lowest BCUT2D eigenvalue weighted by atomic mass is 9.92. The maximum absolute atomic E-state index is 12.6. The van der Waals surface area contributed by atoms with Crippen molar-refractivity contribution >= 4 is 5.97 Å². The number of alkyl halides is 3. The highest BCUT2D eigenvalue weighted by atomic mass is 19.4. The molecule has 0 aromatic heterocycles. The van der Waals surface area contributed by atoms with Crippen molar-refractivity contribution in [3.8, 4) is 5.75 Å². The second kappa shape index (κ2) is 6.34. The number of hydrogen-bond acceptors (Lipinski definition) is 3. The Morgan fingerprint density at radius 3 is 2.81 bits per heavy atom. The van der Waals surface area contributed by atoms with Crippen LogP contribution in [0.1, 0.15) is 12.0 Å². The largest absolute Gasteiger partial charge is 0.493 e. The minimum atomic E-state index is -4.45. The lowest BCUT2D eigenvalue weighted by molar-refractivity contribution is -0.145. The van der Waals surface area contributed by atoms with E-state index in [1.165, 1.54) is 12.1 Å². The molecule has 2 unspecified atom stereocenters. The van der Waals surface area contributed by atoms with Crippen molar-refractivity contribution in [2.45, 2.75) is 12.6 Å². The molecule has 0 radical (unpaired) electrons. The average Bonchev–Trinajstić information content (AvgIpc) is 2.92. The van der Waals surface area contributed by atoms with Gasteiger partial charge in [-0.25, -0.2) is 0 Å². The van der Waals surface area contributed by atoms with Gasteiger partial charge in [-0.1, -0.05) is 6.07 Å². The summed E-state index contributed by atoms with van der Waals surface area (Å²) in [4.78, 5) is 11.2. The monoisotopic (exact) mass is 304 g/mol. The Labute approximate surface area is 119 Å². The van der Waals surface area contributed by atoms with Crippen LogP contribution >= 0.6 is 0 Å². The van der Waals surface area contributed by atoms with Crippen LogP contribution in [0.2, 0.25) is 0 Å². The van der Waals surface area contributed by atoms with Crippen molar-refractivity contribution in [1.82, 2.24) is 0 Å². The fourth-order valence-electron chi connectivity index (χ4n) is 2.23. The van der Waals surface area contributed by atoms with E-state index in [4.69, 9.17) is 9.47 Å². The molecule has 4 nitrogen and oxygen atoms in total. The van der Waals surface area contributed by atoms with Gasteiger partial charge in [-0.3, -0.25) is 4.79 Å². The van der Waals surface area contributed by atoms with Gasteiger partial charge in [-0.15, -0.1) is 0 Å². The van der Waals surface area contributed by atoms with Crippen LogP contribution in [-0.4, -0.2) is 30.9 Å². The van der Waals surface area contributed by atoms with Crippen molar-refractivity contribution < 1.29 is 32.5 Å². The van der Waals surface area contributed by atoms with Crippen LogP contribution in [0.15, 0.2) is 24.3 Å². The molecule has 0 bridgehead atoms. The first-order chi connectivity index (χ1) is 9.88. The molecule has 1 N–H and O–H groups in total. The van der Waals surface area contributed by atoms with Crippen molar-refractivity contribution in [2.24, 2.45) is 11.8 Å². The molecule has 2 atom stereocenters. The summed E-state index contributed by atoms with van der Waals surface area (Å²) in [6.45, 7) is 0.658. The normalized spacial score (nSPS) is 20.2. The van der Waals surface area contributed by atoms with Gasteiger partial charge in [0.15, 0.2) is 0 Å². The number of carbonyl (C=O) groups is 1. The number of benzene rings is 1. The molecular weight excluding hydrogens is 289 g/mol. The average molecular weight is 304 g/mol. The molecular formula is C14H15F3O4. The first-order valence-electron chi connectivity index (χ1n) is 6.48. The quantitative estimate of drug-likeness (QED) is 0.909. The summed E-state index contributed by atoms with van der Waals surface area (Å²) >= 11 is 0. The third-order valence-electron chi connectivity index (χ3n) is 3.44. The van der Waals surface area contributed by atoms with Gasteiger partial charge in [-0.05, 0) is 24.6 Å². The van der Waals surface area contributed by atoms with Crippen LogP contribution in [0.25, 0.3) is 0 Å². The fraction of sp³-hybridized carbons (Fsp3) is 0.500. The second-order valence-electron chi connectivity index (χ2n) is 4.90. The van der Waals surface area contributed by atoms with Gasteiger partial charge in [0.1, 0.15) is 12.4 Å². The number of hydrogen-bond donors (Lipinski definition) is 1. The van der Waals surface area contributed by atoms with Crippen molar-refractivity contribution in [3.63, 3.8) is 0 Å². The molecule has 1 aliphatic heterocycles. The van der Waals surface area contributed by atoms with E-state index in [1.807, 2.05) is 0 Å². The first-order valence-corrected chi connectivity index (χ1v) is 6.48. The van der Waals surface area contributed by atoms with Crippen LogP contribution in [0, 0.1) is 11.8 Å². The summed E-state index contributed by atoms with van der Waals surface area (Å²) in [5.41, 5.74) is -0.823. The molecule has 7 heteroatoms. The summed E-state index contributed by atoms with van der Waals surface area (Å²) in [5.74, 6) is -1.98. The van der Waals surface area contributed by atoms with E-state index < -0.39 is 23.6 Å². The third-order valence-corrected chi connectivity index (χ3v) is 3.44. The highest BCUT2D eigenvalue weighted by Gasteiger charge is 2.33. The summed E-state index contributed by atoms with van der Waals surface area (Å²) < 4.78 is 48.1. The topological polar surface area (TPSA) is 55.8 Å². The Bertz CT molecular complexity index is 495. The number of carboxylic acid groups (broad SMARTS) is 1. The Kier molecular flexibility index (Phi) is 4.72. The summed E-state index contributed by atoms with van der Waals surface area (Å²) in [7, 11) is 0. The lowest BCUT2D eigenvalue weighted by Gasteiger charge is -2.19. The van der Waals surface area contributed by atoms with Crippen LogP contribution in [0.5, 0.6) is 5.75 Å². The van der Waals surface area contributed by atoms with Crippen molar-refractivity contribution in [2.75, 3.05) is 19.8 Å². The predicted molar refractivity (Wildman–Crippen MR) is 67.0 cm³/mol. The van der Waals surface area contributed by atoms with E-state index in [0.29, 0.717) is 19.6 Å². The Hall–Kier alpha value is -1.76. The van der Waals surface area contributed by atoms with Crippen LogP contribution in [-0.2, 0) is 15.7 Å². The first kappa shape index (κ1) is 15.6. The van der Waals surface area contributed by atoms with Crippen molar-refractivity contribution in [1.29, 1.82) is 0 Å². The van der Waals surface area contributed by atoms with Gasteiger partial charge < -0.3 is 14.6 Å². The maximum atomic E-state index is 12.6. The molecule has 0 saturated carbocycles. The van der Waals surface area contributed by atoms with Crippen LogP contribution in [0.3, 0.4) is 0 Å². The standard InChI is InChI=1S/C14H15F3O4/c15-14(16,17)10-2-1-3-11(6-10)21-8-12(13(18)19)9-4-5-20-7-9/h1-3,6,9,12H,4-5,7-8H2,(H,18,19). The zero-order valence-electron chi connectivity index (χ0n) is 11.1. The molecule has 116 valence electrons. The van der Waals surface area contributed by atoms with Gasteiger partial charge in [0.25, 0.3) is 0 Å². The number of rotatable bonds is 5. The third kappa shape index (κ3) is 4.10. The zero-order valence-corrected chi connectivity index (χ0v) is 11.1. The molecule has 1 aliphatic rings. The lowest BCUT2D eigenvalue weighted by Crippen LogP contribution is -2.29. The molecule has 1 heterocycles. The number of carboxylic acids is 1. The molecule has 0 aliphatic carbocycles. The molecule has 1 aromatic rings. The fourth-order valence-corrected chi connectivity index (χ4v) is 2.23. The second-order valence-corrected chi connectivity index (χ2v) is 4.90. The van der Waals surface area contributed by atoms with E-state index in [0.717, 1.165) is 12.1 Å². The van der Waals surface area contributed by atoms with Gasteiger partial charge in [-0.2, -0.15) is 13.2 Å². The van der Waals surface area contributed by atoms with Gasteiger partial charge >= 0.3 is 12.1 Å². The van der Waals surface area contributed by atoms with Crippen LogP contribution in [0.4, 0.5) is 13.2 Å². The van der Waals surface area contributed by atoms with E-state index >= 15 is 0 Å². The van der Waals surface area contributed by atoms with Gasteiger partial charge in [0.2, 0.25) is 0 Å². The summed E-state index contributed by atoms with van der Waals surface area (Å²) in [5, 5.41) is 9.18. The number of aliphatic carboxylic acids is 1. The molecule has 21 heavy (non-hydrogen) atoms. The Balaban J connectivity index is 2.02. The molecule has 1 fully saturated rings. The predicted octanol–water partition coefficient (Wildman–Crippen LogP) is 2.82. The molecule has 0 amide bonds. The van der Waals surface area contributed by atoms with E-state index in [-0.39, 0.29) is 18.3 Å². The highest BCUT2D eigenvalue weighted by molar-refractivity contribution is 5.70. The SMILES string of the molecule is O=C(O)C(COc1cccc(C(F)(F)F)c1)C1CCOC1. The summed E-state index contributed by atoms with van der Waals surface area (Å²) in [6, 6.07) is 4.41. The molecule has 2 rings (SSSR count). The summed E-state index contributed by atoms with van der Waals surface area (Å²) in [6.07, 6.45) is -3.84. The van der Waals surface area contributed by atoms with Crippen LogP contribution < -0.4 is 4.74 Å². The maximum Gasteiger partial charge on any atom is 0.416 e. The minimum absolute atomic E-state index is 0.00925. The van der Waals surface area contributed by atoms with E-state index in [9.17, 15) is 23.1 Å².